The van der Waals surface area contributed by atoms with E-state index in [0.29, 0.717) is 12.4 Å². The number of aromatic amines is 1. The standard InChI is InChI=1S/C16H12FN3O5/c1-23-16(22)9-6-11-15(21)18-10(7-20(11)19-9)8-2-3-12-14(13(8)17)25-5-4-24-12/h2-3,6-7H,4-5H2,1H3,(H,18,21). The van der Waals surface area contributed by atoms with Gasteiger partial charge in [0.1, 0.15) is 18.7 Å². The molecule has 4 rings (SSSR count). The maximum absolute atomic E-state index is 14.7. The van der Waals surface area contributed by atoms with Crippen molar-refractivity contribution in [2.24, 2.45) is 0 Å². The van der Waals surface area contributed by atoms with Gasteiger partial charge in [-0.3, -0.25) is 4.79 Å². The van der Waals surface area contributed by atoms with E-state index in [-0.39, 0.29) is 34.8 Å². The van der Waals surface area contributed by atoms with E-state index in [2.05, 4.69) is 14.8 Å². The molecule has 0 unspecified atom stereocenters. The summed E-state index contributed by atoms with van der Waals surface area (Å²) in [6, 6.07) is 4.34. The lowest BCUT2D eigenvalue weighted by Gasteiger charge is -2.19. The Morgan fingerprint density at radius 1 is 1.36 bits per heavy atom. The molecule has 0 saturated carbocycles. The summed E-state index contributed by atoms with van der Waals surface area (Å²) >= 11 is 0. The van der Waals surface area contributed by atoms with Gasteiger partial charge in [-0.25, -0.2) is 13.7 Å². The maximum atomic E-state index is 14.7. The third-order valence-corrected chi connectivity index (χ3v) is 3.80. The minimum atomic E-state index is -0.671. The molecule has 0 atom stereocenters. The average Bonchev–Trinajstić information content (AvgIpc) is 3.06. The molecule has 0 spiro atoms. The van der Waals surface area contributed by atoms with Crippen LogP contribution in [0, 0.1) is 5.82 Å². The molecular weight excluding hydrogens is 333 g/mol. The summed E-state index contributed by atoms with van der Waals surface area (Å²) in [5.41, 5.74) is -0.0887. The molecule has 8 nitrogen and oxygen atoms in total. The number of nitrogens with one attached hydrogen (secondary N) is 1. The van der Waals surface area contributed by atoms with Crippen LogP contribution in [0.25, 0.3) is 16.8 Å². The second-order valence-electron chi connectivity index (χ2n) is 5.30. The highest BCUT2D eigenvalue weighted by molar-refractivity contribution is 5.88. The molecule has 2 aromatic heterocycles. The highest BCUT2D eigenvalue weighted by atomic mass is 19.1. The third kappa shape index (κ3) is 2.40. The molecule has 0 aliphatic carbocycles. The van der Waals surface area contributed by atoms with Gasteiger partial charge >= 0.3 is 5.97 Å². The van der Waals surface area contributed by atoms with Gasteiger partial charge in [-0.15, -0.1) is 0 Å². The van der Waals surface area contributed by atoms with Crippen molar-refractivity contribution in [2.45, 2.75) is 0 Å². The highest BCUT2D eigenvalue weighted by Gasteiger charge is 2.22. The normalized spacial score (nSPS) is 13.0. The predicted octanol–water partition coefficient (Wildman–Crippen LogP) is 1.39. The predicted molar refractivity (Wildman–Crippen MR) is 83.5 cm³/mol. The Labute approximate surface area is 139 Å². The van der Waals surface area contributed by atoms with Gasteiger partial charge in [-0.2, -0.15) is 5.10 Å². The van der Waals surface area contributed by atoms with Crippen molar-refractivity contribution >= 4 is 11.5 Å². The van der Waals surface area contributed by atoms with Gasteiger partial charge in [-0.1, -0.05) is 0 Å². The van der Waals surface area contributed by atoms with Crippen molar-refractivity contribution in [3.05, 3.63) is 46.3 Å². The van der Waals surface area contributed by atoms with Crippen LogP contribution < -0.4 is 15.0 Å². The van der Waals surface area contributed by atoms with Crippen LogP contribution >= 0.6 is 0 Å². The molecule has 0 amide bonds. The van der Waals surface area contributed by atoms with Crippen LogP contribution in [0.15, 0.2) is 29.2 Å². The summed E-state index contributed by atoms with van der Waals surface area (Å²) < 4.78 is 31.2. The number of carbonyl (C=O) groups is 1. The number of fused-ring (bicyclic) bond motifs is 2. The summed E-state index contributed by atoms with van der Waals surface area (Å²) in [5.74, 6) is -1.01. The van der Waals surface area contributed by atoms with E-state index in [9.17, 15) is 14.0 Å². The van der Waals surface area contributed by atoms with Gasteiger partial charge in [0.05, 0.1) is 19.0 Å². The zero-order valence-corrected chi connectivity index (χ0v) is 13.0. The van der Waals surface area contributed by atoms with Crippen LogP contribution in [-0.2, 0) is 4.74 Å². The van der Waals surface area contributed by atoms with Crippen molar-refractivity contribution in [1.82, 2.24) is 14.6 Å². The van der Waals surface area contributed by atoms with Gasteiger partial charge in [-0.05, 0) is 12.1 Å². The highest BCUT2D eigenvalue weighted by Crippen LogP contribution is 2.37. The first-order chi connectivity index (χ1) is 12.1. The number of hydrogen-bond donors (Lipinski definition) is 1. The molecule has 0 bridgehead atoms. The van der Waals surface area contributed by atoms with Crippen molar-refractivity contribution in [3.8, 4) is 22.8 Å². The Balaban J connectivity index is 1.87. The molecule has 1 aliphatic rings. The van der Waals surface area contributed by atoms with Crippen LogP contribution in [0.5, 0.6) is 11.5 Å². The number of methoxy groups -OCH3 is 1. The first kappa shape index (κ1) is 15.2. The summed E-state index contributed by atoms with van der Waals surface area (Å²) in [5, 5.41) is 3.99. The van der Waals surface area contributed by atoms with Gasteiger partial charge in [0.2, 0.25) is 0 Å². The minimum Gasteiger partial charge on any atom is -0.486 e. The second kappa shape index (κ2) is 5.62. The number of H-pyrrole nitrogens is 1. The fourth-order valence-corrected chi connectivity index (χ4v) is 2.63. The summed E-state index contributed by atoms with van der Waals surface area (Å²) in [7, 11) is 1.21. The van der Waals surface area contributed by atoms with E-state index in [1.54, 1.807) is 6.07 Å². The van der Waals surface area contributed by atoms with E-state index in [1.165, 1.54) is 30.0 Å². The number of ether oxygens (including phenoxy) is 3. The number of carbonyl (C=O) groups excluding carboxylic acids is 1. The van der Waals surface area contributed by atoms with Crippen molar-refractivity contribution in [3.63, 3.8) is 0 Å². The SMILES string of the molecule is COC(=O)c1cc2c(=O)[nH]c(-c3ccc4c(c3F)OCCO4)cn2n1. The van der Waals surface area contributed by atoms with Crippen LogP contribution in [0.2, 0.25) is 0 Å². The molecule has 1 aliphatic heterocycles. The number of nitrogens with zero attached hydrogens (tertiary/aromatic N) is 2. The van der Waals surface area contributed by atoms with E-state index < -0.39 is 17.3 Å². The molecule has 3 aromatic rings. The number of benzene rings is 1. The fourth-order valence-electron chi connectivity index (χ4n) is 2.63. The fraction of sp³-hybridized carbons (Fsp3) is 0.188. The third-order valence-electron chi connectivity index (χ3n) is 3.80. The number of aromatic nitrogens is 3. The van der Waals surface area contributed by atoms with Crippen molar-refractivity contribution in [1.29, 1.82) is 0 Å². The first-order valence-electron chi connectivity index (χ1n) is 7.38. The molecule has 0 radical (unpaired) electrons. The smallest absolute Gasteiger partial charge is 0.358 e. The monoisotopic (exact) mass is 345 g/mol. The molecule has 3 heterocycles. The lowest BCUT2D eigenvalue weighted by Crippen LogP contribution is -2.17. The zero-order chi connectivity index (χ0) is 17.6. The van der Waals surface area contributed by atoms with Crippen molar-refractivity contribution in [2.75, 3.05) is 20.3 Å². The molecule has 9 heteroatoms. The van der Waals surface area contributed by atoms with Gasteiger partial charge < -0.3 is 19.2 Å². The number of esters is 1. The molecule has 25 heavy (non-hydrogen) atoms. The Hall–Kier alpha value is -3.36. The van der Waals surface area contributed by atoms with Crippen LogP contribution in [0.4, 0.5) is 4.39 Å². The van der Waals surface area contributed by atoms with Gasteiger partial charge in [0, 0.05) is 11.6 Å². The molecule has 0 fully saturated rings. The topological polar surface area (TPSA) is 94.9 Å². The van der Waals surface area contributed by atoms with E-state index in [4.69, 9.17) is 9.47 Å². The van der Waals surface area contributed by atoms with Gasteiger partial charge in [0.15, 0.2) is 23.0 Å². The first-order valence-corrected chi connectivity index (χ1v) is 7.38. The van der Waals surface area contributed by atoms with E-state index in [1.807, 2.05) is 0 Å². The summed E-state index contributed by atoms with van der Waals surface area (Å²) in [6.45, 7) is 0.586. The van der Waals surface area contributed by atoms with E-state index in [0.717, 1.165) is 0 Å². The lowest BCUT2D eigenvalue weighted by atomic mass is 10.1. The van der Waals surface area contributed by atoms with Crippen LogP contribution in [0.3, 0.4) is 0 Å². The summed E-state index contributed by atoms with van der Waals surface area (Å²) in [4.78, 5) is 26.4. The average molecular weight is 345 g/mol. The molecule has 1 aromatic carbocycles. The molecule has 0 saturated heterocycles. The van der Waals surface area contributed by atoms with Crippen LogP contribution in [0.1, 0.15) is 10.5 Å². The minimum absolute atomic E-state index is 0.000381. The van der Waals surface area contributed by atoms with Crippen molar-refractivity contribution < 1.29 is 23.4 Å². The molecule has 128 valence electrons. The molecule has 1 N–H and O–H groups in total. The number of hydrogen-bond acceptors (Lipinski definition) is 6. The van der Waals surface area contributed by atoms with Crippen LogP contribution in [-0.4, -0.2) is 40.9 Å². The lowest BCUT2D eigenvalue weighted by molar-refractivity contribution is 0.0593. The quantitative estimate of drug-likeness (QED) is 0.705. The Bertz CT molecular complexity index is 1060. The largest absolute Gasteiger partial charge is 0.486 e. The second-order valence-corrected chi connectivity index (χ2v) is 5.30. The molecular formula is C16H12FN3O5. The summed E-state index contributed by atoms with van der Waals surface area (Å²) in [6.07, 6.45) is 1.41. The zero-order valence-electron chi connectivity index (χ0n) is 13.0. The maximum Gasteiger partial charge on any atom is 0.358 e. The van der Waals surface area contributed by atoms with Gasteiger partial charge in [0.25, 0.3) is 5.56 Å². The Morgan fingerprint density at radius 3 is 2.96 bits per heavy atom. The number of halogens is 1. The Morgan fingerprint density at radius 2 is 2.16 bits per heavy atom. The number of rotatable bonds is 2. The Kier molecular flexibility index (Phi) is 3.41. The van der Waals surface area contributed by atoms with E-state index >= 15 is 0 Å².